The largest absolute Gasteiger partial charge is 0.334 e. The van der Waals surface area contributed by atoms with Crippen LogP contribution in [0.5, 0.6) is 0 Å². The number of carbonyl (C=O) groups excluding carboxylic acids is 1. The van der Waals surface area contributed by atoms with Crippen LogP contribution in [0.4, 0.5) is 16.2 Å². The number of anilines is 1. The van der Waals surface area contributed by atoms with E-state index < -0.39 is 4.92 Å². The van der Waals surface area contributed by atoms with E-state index in [0.29, 0.717) is 12.2 Å². The van der Waals surface area contributed by atoms with E-state index in [2.05, 4.69) is 21.6 Å². The number of likely N-dealkylation sites (tertiary alicyclic amines) is 1. The van der Waals surface area contributed by atoms with Crippen LogP contribution in [-0.2, 0) is 13.1 Å². The van der Waals surface area contributed by atoms with Crippen molar-refractivity contribution in [1.29, 1.82) is 0 Å². The molecule has 0 atom stereocenters. The third-order valence-corrected chi connectivity index (χ3v) is 4.47. The molecule has 0 spiro atoms. The molecule has 1 fully saturated rings. The second-order valence-corrected chi connectivity index (χ2v) is 6.37. The normalized spacial score (nSPS) is 14.2. The minimum atomic E-state index is -0.488. The highest BCUT2D eigenvalue weighted by atomic mass is 16.6. The van der Waals surface area contributed by atoms with E-state index in [0.717, 1.165) is 25.2 Å². The van der Waals surface area contributed by atoms with Crippen molar-refractivity contribution >= 4 is 17.4 Å². The molecule has 0 aliphatic carbocycles. The molecule has 1 aliphatic rings. The number of nitrogens with one attached hydrogen (secondary N) is 2. The number of hydrogen-bond acceptors (Lipinski definition) is 4. The molecule has 26 heavy (non-hydrogen) atoms. The second kappa shape index (κ2) is 8.44. The Labute approximate surface area is 152 Å². The van der Waals surface area contributed by atoms with E-state index in [4.69, 9.17) is 0 Å². The van der Waals surface area contributed by atoms with Crippen molar-refractivity contribution in [2.45, 2.75) is 25.9 Å². The van der Waals surface area contributed by atoms with E-state index in [1.807, 2.05) is 18.2 Å². The van der Waals surface area contributed by atoms with Crippen LogP contribution in [0.3, 0.4) is 0 Å². The van der Waals surface area contributed by atoms with Crippen LogP contribution >= 0.6 is 0 Å². The first kappa shape index (κ1) is 17.9. The highest BCUT2D eigenvalue weighted by molar-refractivity contribution is 5.89. The van der Waals surface area contributed by atoms with Crippen LogP contribution in [0, 0.1) is 10.1 Å². The lowest BCUT2D eigenvalue weighted by Gasteiger charge is -2.17. The molecule has 7 nitrogen and oxygen atoms in total. The van der Waals surface area contributed by atoms with E-state index in [1.54, 1.807) is 12.1 Å². The fourth-order valence-corrected chi connectivity index (χ4v) is 3.11. The third kappa shape index (κ3) is 4.80. The maximum Gasteiger partial charge on any atom is 0.319 e. The van der Waals surface area contributed by atoms with Gasteiger partial charge in [-0.25, -0.2) is 4.79 Å². The smallest absolute Gasteiger partial charge is 0.319 e. The van der Waals surface area contributed by atoms with Gasteiger partial charge in [0.25, 0.3) is 5.69 Å². The minimum absolute atomic E-state index is 0.0567. The van der Waals surface area contributed by atoms with Gasteiger partial charge in [-0.05, 0) is 43.1 Å². The molecule has 136 valence electrons. The van der Waals surface area contributed by atoms with Crippen LogP contribution in [0.1, 0.15) is 24.0 Å². The molecular weight excluding hydrogens is 332 g/mol. The molecule has 0 aromatic heterocycles. The predicted octanol–water partition coefficient (Wildman–Crippen LogP) is 3.51. The van der Waals surface area contributed by atoms with Gasteiger partial charge < -0.3 is 10.6 Å². The summed E-state index contributed by atoms with van der Waals surface area (Å²) >= 11 is 0. The van der Waals surface area contributed by atoms with Gasteiger partial charge in [0.2, 0.25) is 0 Å². The van der Waals surface area contributed by atoms with Gasteiger partial charge in [-0.2, -0.15) is 0 Å². The predicted molar refractivity (Wildman–Crippen MR) is 99.9 cm³/mol. The van der Waals surface area contributed by atoms with Crippen molar-refractivity contribution in [3.8, 4) is 0 Å². The Morgan fingerprint density at radius 2 is 1.81 bits per heavy atom. The van der Waals surface area contributed by atoms with Gasteiger partial charge in [-0.15, -0.1) is 0 Å². The van der Waals surface area contributed by atoms with Gasteiger partial charge in [0.05, 0.1) is 4.92 Å². The quantitative estimate of drug-likeness (QED) is 0.614. The Morgan fingerprint density at radius 1 is 1.08 bits per heavy atom. The lowest BCUT2D eigenvalue weighted by atomic mass is 10.1. The number of hydrogen-bond donors (Lipinski definition) is 2. The van der Waals surface area contributed by atoms with Crippen molar-refractivity contribution < 1.29 is 9.72 Å². The van der Waals surface area contributed by atoms with Gasteiger partial charge >= 0.3 is 6.03 Å². The van der Waals surface area contributed by atoms with Crippen molar-refractivity contribution in [2.75, 3.05) is 18.4 Å². The first-order chi connectivity index (χ1) is 12.6. The molecule has 0 bridgehead atoms. The standard InChI is InChI=1S/C19H22N4O3/c24-19(21-17-8-5-9-18(12-17)23(25)26)20-13-15-6-1-2-7-16(15)14-22-10-3-4-11-22/h1-2,5-9,12H,3-4,10-11,13-14H2,(H2,20,21,24). The number of non-ortho nitro benzene ring substituents is 1. The Morgan fingerprint density at radius 3 is 2.54 bits per heavy atom. The summed E-state index contributed by atoms with van der Waals surface area (Å²) in [6, 6.07) is 13.6. The molecule has 1 aliphatic heterocycles. The summed E-state index contributed by atoms with van der Waals surface area (Å²) in [6.07, 6.45) is 2.48. The molecule has 3 rings (SSSR count). The lowest BCUT2D eigenvalue weighted by molar-refractivity contribution is -0.384. The van der Waals surface area contributed by atoms with Crippen molar-refractivity contribution in [3.63, 3.8) is 0 Å². The molecule has 2 aromatic rings. The number of nitro groups is 1. The van der Waals surface area contributed by atoms with E-state index >= 15 is 0 Å². The second-order valence-electron chi connectivity index (χ2n) is 6.37. The number of nitrogens with zero attached hydrogens (tertiary/aromatic N) is 2. The zero-order chi connectivity index (χ0) is 18.4. The third-order valence-electron chi connectivity index (χ3n) is 4.47. The van der Waals surface area contributed by atoms with Crippen molar-refractivity contribution in [2.24, 2.45) is 0 Å². The average Bonchev–Trinajstić information content (AvgIpc) is 3.14. The molecule has 2 N–H and O–H groups in total. The van der Waals surface area contributed by atoms with Crippen molar-refractivity contribution in [3.05, 3.63) is 69.8 Å². The molecule has 1 saturated heterocycles. The molecule has 0 unspecified atom stereocenters. The van der Waals surface area contributed by atoms with Gasteiger partial charge in [-0.3, -0.25) is 15.0 Å². The molecule has 0 saturated carbocycles. The topological polar surface area (TPSA) is 87.5 Å². The summed E-state index contributed by atoms with van der Waals surface area (Å²) in [4.78, 5) is 24.9. The van der Waals surface area contributed by atoms with Gasteiger partial charge in [0.15, 0.2) is 0 Å². The first-order valence-electron chi connectivity index (χ1n) is 8.70. The van der Waals surface area contributed by atoms with E-state index in [-0.39, 0.29) is 11.7 Å². The summed E-state index contributed by atoms with van der Waals surface area (Å²) in [5.74, 6) is 0. The van der Waals surface area contributed by atoms with Crippen LogP contribution in [0.2, 0.25) is 0 Å². The Kier molecular flexibility index (Phi) is 5.80. The monoisotopic (exact) mass is 354 g/mol. The number of nitro benzene ring substituents is 1. The highest BCUT2D eigenvalue weighted by Crippen LogP contribution is 2.18. The van der Waals surface area contributed by atoms with Crippen LogP contribution in [-0.4, -0.2) is 28.9 Å². The van der Waals surface area contributed by atoms with Gasteiger partial charge in [0.1, 0.15) is 0 Å². The Bertz CT molecular complexity index is 788. The summed E-state index contributed by atoms with van der Waals surface area (Å²) < 4.78 is 0. The number of benzene rings is 2. The molecule has 1 heterocycles. The van der Waals surface area contributed by atoms with Crippen LogP contribution < -0.4 is 10.6 Å². The summed E-state index contributed by atoms with van der Waals surface area (Å²) in [5, 5.41) is 16.3. The Balaban J connectivity index is 1.57. The molecule has 7 heteroatoms. The molecule has 2 aromatic carbocycles. The van der Waals surface area contributed by atoms with E-state index in [9.17, 15) is 14.9 Å². The maximum atomic E-state index is 12.1. The van der Waals surface area contributed by atoms with Crippen LogP contribution in [0.25, 0.3) is 0 Å². The van der Waals surface area contributed by atoms with Crippen LogP contribution in [0.15, 0.2) is 48.5 Å². The number of rotatable bonds is 6. The molecule has 0 radical (unpaired) electrons. The SMILES string of the molecule is O=C(NCc1ccccc1CN1CCCC1)Nc1cccc([N+](=O)[O-])c1. The zero-order valence-electron chi connectivity index (χ0n) is 14.5. The van der Waals surface area contributed by atoms with E-state index in [1.165, 1.54) is 30.5 Å². The highest BCUT2D eigenvalue weighted by Gasteiger charge is 2.14. The average molecular weight is 354 g/mol. The summed E-state index contributed by atoms with van der Waals surface area (Å²) in [5.41, 5.74) is 2.62. The lowest BCUT2D eigenvalue weighted by Crippen LogP contribution is -2.29. The number of amides is 2. The van der Waals surface area contributed by atoms with Crippen molar-refractivity contribution in [1.82, 2.24) is 10.2 Å². The minimum Gasteiger partial charge on any atom is -0.334 e. The maximum absolute atomic E-state index is 12.1. The first-order valence-corrected chi connectivity index (χ1v) is 8.70. The molecular formula is C19H22N4O3. The summed E-state index contributed by atoms with van der Waals surface area (Å²) in [7, 11) is 0. The Hall–Kier alpha value is -2.93. The fraction of sp³-hybridized carbons (Fsp3) is 0.316. The summed E-state index contributed by atoms with van der Waals surface area (Å²) in [6.45, 7) is 3.54. The zero-order valence-corrected chi connectivity index (χ0v) is 14.5. The number of carbonyl (C=O) groups is 1. The number of urea groups is 1. The fourth-order valence-electron chi connectivity index (χ4n) is 3.11. The molecule has 2 amide bonds. The van der Waals surface area contributed by atoms with Gasteiger partial charge in [0, 0.05) is 30.9 Å². The van der Waals surface area contributed by atoms with Gasteiger partial charge in [-0.1, -0.05) is 30.3 Å².